The second-order valence-electron chi connectivity index (χ2n) is 8.64. The van der Waals surface area contributed by atoms with Crippen molar-refractivity contribution in [2.24, 2.45) is 0 Å². The second kappa shape index (κ2) is 10.2. The smallest absolute Gasteiger partial charge is 0.412 e. The van der Waals surface area contributed by atoms with E-state index in [1.165, 1.54) is 48.8 Å². The third-order valence-corrected chi connectivity index (χ3v) is 6.62. The van der Waals surface area contributed by atoms with Crippen LogP contribution < -0.4 is 15.4 Å². The van der Waals surface area contributed by atoms with Gasteiger partial charge in [-0.25, -0.2) is 13.2 Å². The van der Waals surface area contributed by atoms with Crippen LogP contribution >= 0.6 is 0 Å². The number of hydrogen-bond acceptors (Lipinski definition) is 6. The summed E-state index contributed by atoms with van der Waals surface area (Å²) in [5.41, 5.74) is 0.169. The number of hydrogen-bond donors (Lipinski definition) is 2. The van der Waals surface area contributed by atoms with E-state index < -0.39 is 27.6 Å². The second-order valence-corrected chi connectivity index (χ2v) is 10.6. The van der Waals surface area contributed by atoms with Gasteiger partial charge >= 0.3 is 6.09 Å². The number of sulfonamides is 1. The highest BCUT2D eigenvalue weighted by Crippen LogP contribution is 2.29. The first-order chi connectivity index (χ1) is 15.2. The van der Waals surface area contributed by atoms with Crippen LogP contribution in [0.25, 0.3) is 0 Å². The molecule has 2 amide bonds. The van der Waals surface area contributed by atoms with Crippen LogP contribution in [-0.2, 0) is 14.8 Å². The van der Waals surface area contributed by atoms with Gasteiger partial charge in [0.25, 0.3) is 5.91 Å². The molecule has 0 aliphatic heterocycles. The van der Waals surface area contributed by atoms with Crippen LogP contribution in [0.5, 0.6) is 5.75 Å². The van der Waals surface area contributed by atoms with Crippen LogP contribution in [0, 0.1) is 0 Å². The molecule has 2 rings (SSSR count). The number of methoxy groups -OCH3 is 1. The zero-order valence-corrected chi connectivity index (χ0v) is 20.7. The van der Waals surface area contributed by atoms with Gasteiger partial charge in [-0.3, -0.25) is 10.1 Å². The third-order valence-electron chi connectivity index (χ3n) is 4.59. The molecule has 2 aromatic rings. The van der Waals surface area contributed by atoms with Crippen LogP contribution in [0.3, 0.4) is 0 Å². The van der Waals surface area contributed by atoms with Gasteiger partial charge in [-0.1, -0.05) is 6.07 Å². The summed E-state index contributed by atoms with van der Waals surface area (Å²) in [6.45, 7) is 8.76. The van der Waals surface area contributed by atoms with Gasteiger partial charge in [0.05, 0.1) is 17.7 Å². The predicted octanol–water partition coefficient (Wildman–Crippen LogP) is 4.32. The molecule has 0 radical (unpaired) electrons. The van der Waals surface area contributed by atoms with Gasteiger partial charge in [-0.05, 0) is 71.0 Å². The number of nitrogens with zero attached hydrogens (tertiary/aromatic N) is 1. The molecule has 0 bridgehead atoms. The van der Waals surface area contributed by atoms with Crippen molar-refractivity contribution in [3.8, 4) is 5.75 Å². The largest absolute Gasteiger partial charge is 0.495 e. The Kier molecular flexibility index (Phi) is 8.10. The van der Waals surface area contributed by atoms with Gasteiger partial charge < -0.3 is 14.8 Å². The molecule has 0 heterocycles. The van der Waals surface area contributed by atoms with E-state index in [1.807, 2.05) is 0 Å². The van der Waals surface area contributed by atoms with Crippen LogP contribution in [0.2, 0.25) is 0 Å². The summed E-state index contributed by atoms with van der Waals surface area (Å²) < 4.78 is 37.3. The van der Waals surface area contributed by atoms with E-state index >= 15 is 0 Å². The van der Waals surface area contributed by atoms with E-state index in [9.17, 15) is 18.0 Å². The Morgan fingerprint density at radius 2 is 1.70 bits per heavy atom. The topological polar surface area (TPSA) is 114 Å². The monoisotopic (exact) mass is 477 g/mol. The van der Waals surface area contributed by atoms with Crippen molar-refractivity contribution >= 4 is 33.4 Å². The van der Waals surface area contributed by atoms with Crippen LogP contribution in [0.15, 0.2) is 47.4 Å². The van der Waals surface area contributed by atoms with E-state index in [-0.39, 0.29) is 16.5 Å². The van der Waals surface area contributed by atoms with Crippen molar-refractivity contribution in [1.29, 1.82) is 0 Å². The van der Waals surface area contributed by atoms with Gasteiger partial charge in [0.15, 0.2) is 0 Å². The molecule has 10 heteroatoms. The molecule has 0 aromatic heterocycles. The molecule has 180 valence electrons. The summed E-state index contributed by atoms with van der Waals surface area (Å²) in [7, 11) is -0.794. The normalized spacial score (nSPS) is 11.9. The van der Waals surface area contributed by atoms with Gasteiger partial charge in [-0.2, -0.15) is 4.31 Å². The molecule has 2 N–H and O–H groups in total. The number of rotatable bonds is 7. The van der Waals surface area contributed by atoms with Crippen LogP contribution in [-0.4, -0.2) is 50.5 Å². The number of benzene rings is 2. The van der Waals surface area contributed by atoms with E-state index in [4.69, 9.17) is 9.47 Å². The van der Waals surface area contributed by atoms with Gasteiger partial charge in [0.2, 0.25) is 10.0 Å². The number of nitrogens with one attached hydrogen (secondary N) is 2. The first kappa shape index (κ1) is 26.1. The lowest BCUT2D eigenvalue weighted by molar-refractivity contribution is 0.0635. The first-order valence-electron chi connectivity index (χ1n) is 10.3. The Bertz CT molecular complexity index is 1120. The zero-order chi connectivity index (χ0) is 25.0. The molecule has 0 saturated heterocycles. The minimum absolute atomic E-state index is 0.0216. The maximum absolute atomic E-state index is 12.8. The highest BCUT2D eigenvalue weighted by atomic mass is 32.2. The summed E-state index contributed by atoms with van der Waals surface area (Å²) in [6, 6.07) is 10.3. The van der Waals surface area contributed by atoms with Gasteiger partial charge in [-0.15, -0.1) is 0 Å². The summed E-state index contributed by atoms with van der Waals surface area (Å²) >= 11 is 0. The average Bonchev–Trinajstić information content (AvgIpc) is 2.72. The molecule has 33 heavy (non-hydrogen) atoms. The minimum atomic E-state index is -3.74. The van der Waals surface area contributed by atoms with E-state index in [2.05, 4.69) is 10.6 Å². The van der Waals surface area contributed by atoms with Crippen LogP contribution in [0.4, 0.5) is 16.2 Å². The Balaban J connectivity index is 2.26. The third kappa shape index (κ3) is 6.93. The first-order valence-corrected chi connectivity index (χ1v) is 11.8. The van der Waals surface area contributed by atoms with Crippen molar-refractivity contribution in [2.45, 2.75) is 51.2 Å². The lowest BCUT2D eigenvalue weighted by Gasteiger charge is -2.21. The minimum Gasteiger partial charge on any atom is -0.495 e. The fourth-order valence-corrected chi connectivity index (χ4v) is 4.16. The highest BCUT2D eigenvalue weighted by Gasteiger charge is 2.24. The van der Waals surface area contributed by atoms with Crippen molar-refractivity contribution in [3.05, 3.63) is 48.0 Å². The molecule has 0 unspecified atom stereocenters. The Hall–Kier alpha value is -3.11. The fourth-order valence-electron chi connectivity index (χ4n) is 2.74. The fraction of sp³-hybridized carbons (Fsp3) is 0.391. The van der Waals surface area contributed by atoms with E-state index in [0.717, 1.165) is 0 Å². The Labute approximate surface area is 195 Å². The number of carbonyl (C=O) groups excluding carboxylic acids is 2. The number of ether oxygens (including phenoxy) is 2. The summed E-state index contributed by atoms with van der Waals surface area (Å²) in [5, 5.41) is 5.31. The van der Waals surface area contributed by atoms with Crippen molar-refractivity contribution in [1.82, 2.24) is 4.31 Å². The summed E-state index contributed by atoms with van der Waals surface area (Å²) in [5.74, 6) is -0.128. The van der Waals surface area contributed by atoms with E-state index in [0.29, 0.717) is 17.1 Å². The zero-order valence-electron chi connectivity index (χ0n) is 19.9. The molecule has 0 spiro atoms. The van der Waals surface area contributed by atoms with E-state index in [1.54, 1.807) is 46.8 Å². The number of anilines is 2. The lowest BCUT2D eigenvalue weighted by Crippen LogP contribution is -2.33. The molecule has 0 atom stereocenters. The SMILES string of the molecule is COc1ccc(NC(=O)c2cccc(S(=O)(=O)N(C)C(C)C)c2)cc1NC(=O)OC(C)(C)C. The average molecular weight is 478 g/mol. The van der Waals surface area contributed by atoms with Gasteiger partial charge in [0, 0.05) is 24.3 Å². The molecular weight excluding hydrogens is 446 g/mol. The number of amides is 2. The summed E-state index contributed by atoms with van der Waals surface area (Å²) in [4.78, 5) is 25.0. The molecular formula is C23H31N3O6S. The molecule has 0 aliphatic carbocycles. The van der Waals surface area contributed by atoms with Crippen molar-refractivity contribution < 1.29 is 27.5 Å². The predicted molar refractivity (Wildman–Crippen MR) is 127 cm³/mol. The standard InChI is InChI=1S/C23H31N3O6S/c1-15(2)26(6)33(29,30)18-10-8-9-16(13-18)21(27)24-17-11-12-20(31-7)19(14-17)25-22(28)32-23(3,4)5/h8-15H,1-7H3,(H,24,27)(H,25,28). The summed E-state index contributed by atoms with van der Waals surface area (Å²) in [6.07, 6.45) is -0.670. The maximum atomic E-state index is 12.8. The molecule has 0 saturated carbocycles. The highest BCUT2D eigenvalue weighted by molar-refractivity contribution is 7.89. The van der Waals surface area contributed by atoms with Crippen LogP contribution in [0.1, 0.15) is 45.0 Å². The Morgan fingerprint density at radius 3 is 2.27 bits per heavy atom. The van der Waals surface area contributed by atoms with Gasteiger partial charge in [0.1, 0.15) is 11.4 Å². The maximum Gasteiger partial charge on any atom is 0.412 e. The quantitative estimate of drug-likeness (QED) is 0.614. The Morgan fingerprint density at radius 1 is 1.03 bits per heavy atom. The molecule has 2 aromatic carbocycles. The molecule has 0 fully saturated rings. The lowest BCUT2D eigenvalue weighted by atomic mass is 10.2. The number of carbonyl (C=O) groups is 2. The van der Waals surface area contributed by atoms with Crippen molar-refractivity contribution in [2.75, 3.05) is 24.8 Å². The molecule has 9 nitrogen and oxygen atoms in total. The molecule has 0 aliphatic rings. The van der Waals surface area contributed by atoms with Crippen molar-refractivity contribution in [3.63, 3.8) is 0 Å².